The molecule has 1 unspecified atom stereocenters. The van der Waals surface area contributed by atoms with Crippen molar-refractivity contribution in [2.24, 2.45) is 0 Å². The van der Waals surface area contributed by atoms with E-state index in [4.69, 9.17) is 4.74 Å². The van der Waals surface area contributed by atoms with Gasteiger partial charge >= 0.3 is 0 Å². The fourth-order valence-electron chi connectivity index (χ4n) is 1.79. The molecule has 1 aliphatic carbocycles. The number of hydrogen-bond donors (Lipinski definition) is 1. The zero-order valence-electron chi connectivity index (χ0n) is 10.0. The molecule has 2 heteroatoms. The molecule has 16 heavy (non-hydrogen) atoms. The van der Waals surface area contributed by atoms with Gasteiger partial charge in [0, 0.05) is 0 Å². The Kier molecular flexibility index (Phi) is 3.62. The molecule has 1 aromatic rings. The van der Waals surface area contributed by atoms with Crippen molar-refractivity contribution in [1.82, 2.24) is 0 Å². The van der Waals surface area contributed by atoms with Gasteiger partial charge < -0.3 is 9.84 Å². The van der Waals surface area contributed by atoms with E-state index in [2.05, 4.69) is 12.1 Å². The largest absolute Gasteiger partial charge is 0.386 e. The van der Waals surface area contributed by atoms with E-state index in [1.807, 2.05) is 26.0 Å². The van der Waals surface area contributed by atoms with Crippen LogP contribution in [0.5, 0.6) is 0 Å². The van der Waals surface area contributed by atoms with Crippen molar-refractivity contribution < 1.29 is 9.84 Å². The van der Waals surface area contributed by atoms with E-state index in [0.29, 0.717) is 6.61 Å². The third kappa shape index (κ3) is 3.06. The van der Waals surface area contributed by atoms with Crippen molar-refractivity contribution >= 4 is 0 Å². The maximum absolute atomic E-state index is 9.89. The minimum Gasteiger partial charge on any atom is -0.386 e. The van der Waals surface area contributed by atoms with Gasteiger partial charge in [0.1, 0.15) is 6.10 Å². The Hall–Kier alpha value is -0.860. The lowest BCUT2D eigenvalue weighted by atomic mass is 10.1. The number of hydrogen-bond acceptors (Lipinski definition) is 2. The summed E-state index contributed by atoms with van der Waals surface area (Å²) in [5, 5.41) is 9.89. The fraction of sp³-hybridized carbons (Fsp3) is 0.571. The van der Waals surface area contributed by atoms with Gasteiger partial charge in [-0.05, 0) is 43.7 Å². The highest BCUT2D eigenvalue weighted by Gasteiger charge is 2.23. The maximum Gasteiger partial charge on any atom is 0.102 e. The molecule has 0 amide bonds. The second-order valence-electron chi connectivity index (χ2n) is 4.84. The summed E-state index contributed by atoms with van der Waals surface area (Å²) in [6.07, 6.45) is 2.30. The minimum absolute atomic E-state index is 0.167. The number of ether oxygens (including phenoxy) is 1. The monoisotopic (exact) mass is 220 g/mol. The Morgan fingerprint density at radius 2 is 1.88 bits per heavy atom. The molecule has 0 spiro atoms. The quantitative estimate of drug-likeness (QED) is 0.826. The Labute approximate surface area is 97.3 Å². The molecular weight excluding hydrogens is 200 g/mol. The molecule has 0 saturated heterocycles. The first-order chi connectivity index (χ1) is 7.66. The SMILES string of the molecule is CC(C)OCC(O)c1ccc(C2CC2)cc1. The van der Waals surface area contributed by atoms with Crippen LogP contribution in [0.4, 0.5) is 0 Å². The molecule has 1 atom stereocenters. The van der Waals surface area contributed by atoms with E-state index in [1.54, 1.807) is 0 Å². The average molecular weight is 220 g/mol. The van der Waals surface area contributed by atoms with E-state index in [1.165, 1.54) is 18.4 Å². The van der Waals surface area contributed by atoms with Crippen molar-refractivity contribution in [3.63, 3.8) is 0 Å². The Morgan fingerprint density at radius 1 is 1.25 bits per heavy atom. The normalized spacial score (nSPS) is 17.8. The molecule has 1 saturated carbocycles. The number of aliphatic hydroxyl groups excluding tert-OH is 1. The van der Waals surface area contributed by atoms with Crippen LogP contribution in [0, 0.1) is 0 Å². The highest BCUT2D eigenvalue weighted by Crippen LogP contribution is 2.40. The summed E-state index contributed by atoms with van der Waals surface area (Å²) in [4.78, 5) is 0. The van der Waals surface area contributed by atoms with E-state index in [-0.39, 0.29) is 6.10 Å². The maximum atomic E-state index is 9.89. The van der Waals surface area contributed by atoms with Crippen LogP contribution in [-0.4, -0.2) is 17.8 Å². The van der Waals surface area contributed by atoms with Gasteiger partial charge in [-0.25, -0.2) is 0 Å². The van der Waals surface area contributed by atoms with Gasteiger partial charge in [-0.1, -0.05) is 24.3 Å². The molecule has 0 bridgehead atoms. The van der Waals surface area contributed by atoms with Gasteiger partial charge in [-0.15, -0.1) is 0 Å². The van der Waals surface area contributed by atoms with Crippen LogP contribution < -0.4 is 0 Å². The summed E-state index contributed by atoms with van der Waals surface area (Å²) in [6.45, 7) is 4.33. The third-order valence-electron chi connectivity index (χ3n) is 2.96. The van der Waals surface area contributed by atoms with E-state index >= 15 is 0 Å². The number of aliphatic hydroxyl groups is 1. The van der Waals surface area contributed by atoms with Gasteiger partial charge in [-0.2, -0.15) is 0 Å². The van der Waals surface area contributed by atoms with Crippen molar-refractivity contribution in [2.45, 2.75) is 44.8 Å². The van der Waals surface area contributed by atoms with Crippen molar-refractivity contribution in [2.75, 3.05) is 6.61 Å². The molecule has 88 valence electrons. The standard InChI is InChI=1S/C14H20O2/c1-10(2)16-9-14(15)13-7-5-12(6-8-13)11-3-4-11/h5-8,10-11,14-15H,3-4,9H2,1-2H3. The Morgan fingerprint density at radius 3 is 2.38 bits per heavy atom. The van der Waals surface area contributed by atoms with Crippen molar-refractivity contribution in [3.05, 3.63) is 35.4 Å². The lowest BCUT2D eigenvalue weighted by Crippen LogP contribution is -2.11. The lowest BCUT2D eigenvalue weighted by molar-refractivity contribution is 0.00492. The second kappa shape index (κ2) is 4.98. The first kappa shape index (κ1) is 11.6. The van der Waals surface area contributed by atoms with Crippen LogP contribution in [-0.2, 0) is 4.74 Å². The van der Waals surface area contributed by atoms with E-state index < -0.39 is 6.10 Å². The summed E-state index contributed by atoms with van der Waals surface area (Å²) >= 11 is 0. The molecule has 1 N–H and O–H groups in total. The molecule has 1 fully saturated rings. The summed E-state index contributed by atoms with van der Waals surface area (Å²) < 4.78 is 5.40. The molecule has 2 rings (SSSR count). The number of rotatable bonds is 5. The summed E-state index contributed by atoms with van der Waals surface area (Å²) in [5.74, 6) is 0.776. The van der Waals surface area contributed by atoms with Crippen LogP contribution in [0.25, 0.3) is 0 Å². The molecule has 1 aliphatic rings. The van der Waals surface area contributed by atoms with Gasteiger partial charge in [-0.3, -0.25) is 0 Å². The zero-order chi connectivity index (χ0) is 11.5. The second-order valence-corrected chi connectivity index (χ2v) is 4.84. The Bertz CT molecular complexity index is 325. The van der Waals surface area contributed by atoms with Gasteiger partial charge in [0.05, 0.1) is 12.7 Å². The molecule has 0 aromatic heterocycles. The predicted octanol–water partition coefficient (Wildman–Crippen LogP) is 3.02. The van der Waals surface area contributed by atoms with E-state index in [9.17, 15) is 5.11 Å². The van der Waals surface area contributed by atoms with Crippen LogP contribution in [0.2, 0.25) is 0 Å². The third-order valence-corrected chi connectivity index (χ3v) is 2.96. The Balaban J connectivity index is 1.92. The molecule has 0 aliphatic heterocycles. The number of benzene rings is 1. The smallest absolute Gasteiger partial charge is 0.102 e. The van der Waals surface area contributed by atoms with Crippen LogP contribution >= 0.6 is 0 Å². The first-order valence-corrected chi connectivity index (χ1v) is 6.06. The van der Waals surface area contributed by atoms with Gasteiger partial charge in [0.15, 0.2) is 0 Å². The van der Waals surface area contributed by atoms with Crippen molar-refractivity contribution in [3.8, 4) is 0 Å². The highest BCUT2D eigenvalue weighted by atomic mass is 16.5. The zero-order valence-corrected chi connectivity index (χ0v) is 10.0. The summed E-state index contributed by atoms with van der Waals surface area (Å²) in [7, 11) is 0. The van der Waals surface area contributed by atoms with Crippen LogP contribution in [0.15, 0.2) is 24.3 Å². The summed E-state index contributed by atoms with van der Waals surface area (Å²) in [5.41, 5.74) is 2.35. The van der Waals surface area contributed by atoms with E-state index in [0.717, 1.165) is 11.5 Å². The fourth-order valence-corrected chi connectivity index (χ4v) is 1.79. The minimum atomic E-state index is -0.504. The first-order valence-electron chi connectivity index (χ1n) is 6.06. The van der Waals surface area contributed by atoms with Crippen LogP contribution in [0.1, 0.15) is 49.8 Å². The highest BCUT2D eigenvalue weighted by molar-refractivity contribution is 5.29. The van der Waals surface area contributed by atoms with Crippen molar-refractivity contribution in [1.29, 1.82) is 0 Å². The molecule has 0 radical (unpaired) electrons. The molecule has 0 heterocycles. The molecule has 1 aromatic carbocycles. The average Bonchev–Trinajstić information content (AvgIpc) is 3.10. The van der Waals surface area contributed by atoms with Gasteiger partial charge in [0.2, 0.25) is 0 Å². The molecule has 2 nitrogen and oxygen atoms in total. The predicted molar refractivity (Wildman–Crippen MR) is 64.5 cm³/mol. The lowest BCUT2D eigenvalue weighted by Gasteiger charge is -2.14. The summed E-state index contributed by atoms with van der Waals surface area (Å²) in [6, 6.07) is 8.29. The van der Waals surface area contributed by atoms with Crippen LogP contribution in [0.3, 0.4) is 0 Å². The van der Waals surface area contributed by atoms with Gasteiger partial charge in [0.25, 0.3) is 0 Å². The topological polar surface area (TPSA) is 29.5 Å². The molecular formula is C14H20O2.